The molecule has 29 heavy (non-hydrogen) atoms. The minimum absolute atomic E-state index is 0.0526. The molecule has 0 saturated carbocycles. The standard InChI is InChI=1S/C16H19F6N3O4/c1-9(28-7-15(17,18)19)13(26)24-11-4-5-12(23-6-11)25(3)14(27)10(2)29-8-16(20,21)22/h4-6,9-10H,7-8H2,1-3H3,(H,24,26)/t9-,10-/m1/s1. The third kappa shape index (κ3) is 9.09. The number of anilines is 2. The summed E-state index contributed by atoms with van der Waals surface area (Å²) in [6, 6.07) is 2.59. The molecule has 0 aromatic carbocycles. The number of nitrogens with zero attached hydrogens (tertiary/aromatic N) is 2. The fourth-order valence-corrected chi connectivity index (χ4v) is 1.87. The van der Waals surface area contributed by atoms with E-state index in [1.54, 1.807) is 0 Å². The van der Waals surface area contributed by atoms with Crippen LogP contribution in [0.4, 0.5) is 37.8 Å². The Morgan fingerprint density at radius 3 is 2.00 bits per heavy atom. The first-order valence-electron chi connectivity index (χ1n) is 8.11. The Balaban J connectivity index is 2.63. The fourth-order valence-electron chi connectivity index (χ4n) is 1.87. The molecule has 1 aromatic heterocycles. The first kappa shape index (κ1) is 24.6. The number of amides is 2. The van der Waals surface area contributed by atoms with Crippen molar-refractivity contribution in [3.63, 3.8) is 0 Å². The van der Waals surface area contributed by atoms with Gasteiger partial charge in [0.1, 0.15) is 31.2 Å². The largest absolute Gasteiger partial charge is 0.411 e. The molecule has 7 nitrogen and oxygen atoms in total. The molecule has 1 rings (SSSR count). The summed E-state index contributed by atoms with van der Waals surface area (Å²) in [4.78, 5) is 28.7. The van der Waals surface area contributed by atoms with Crippen LogP contribution in [0, 0.1) is 0 Å². The molecule has 1 N–H and O–H groups in total. The maximum absolute atomic E-state index is 12.2. The van der Waals surface area contributed by atoms with Gasteiger partial charge in [-0.15, -0.1) is 0 Å². The van der Waals surface area contributed by atoms with Crippen LogP contribution in [-0.2, 0) is 19.1 Å². The smallest absolute Gasteiger partial charge is 0.359 e. The van der Waals surface area contributed by atoms with Gasteiger partial charge in [-0.3, -0.25) is 14.5 Å². The number of alkyl halides is 6. The van der Waals surface area contributed by atoms with Gasteiger partial charge < -0.3 is 14.8 Å². The van der Waals surface area contributed by atoms with Gasteiger partial charge >= 0.3 is 12.4 Å². The highest BCUT2D eigenvalue weighted by molar-refractivity contribution is 5.96. The Morgan fingerprint density at radius 1 is 1.03 bits per heavy atom. The zero-order chi connectivity index (χ0) is 22.4. The number of hydrogen-bond acceptors (Lipinski definition) is 5. The molecule has 0 saturated heterocycles. The van der Waals surface area contributed by atoms with Crippen LogP contribution in [0.15, 0.2) is 18.3 Å². The summed E-state index contributed by atoms with van der Waals surface area (Å²) in [5, 5.41) is 2.29. The predicted molar refractivity (Wildman–Crippen MR) is 89.2 cm³/mol. The number of ether oxygens (including phenoxy) is 2. The molecule has 0 radical (unpaired) electrons. The van der Waals surface area contributed by atoms with Gasteiger partial charge in [-0.2, -0.15) is 26.3 Å². The quantitative estimate of drug-likeness (QED) is 0.641. The van der Waals surface area contributed by atoms with Crippen molar-refractivity contribution in [1.29, 1.82) is 0 Å². The summed E-state index contributed by atoms with van der Waals surface area (Å²) in [6.45, 7) is -0.875. The molecule has 0 aliphatic heterocycles. The summed E-state index contributed by atoms with van der Waals surface area (Å²) in [5.74, 6) is -1.58. The van der Waals surface area contributed by atoms with Crippen LogP contribution in [0.25, 0.3) is 0 Å². The lowest BCUT2D eigenvalue weighted by molar-refractivity contribution is -0.185. The summed E-state index contributed by atoms with van der Waals surface area (Å²) < 4.78 is 81.6. The lowest BCUT2D eigenvalue weighted by Gasteiger charge is -2.21. The van der Waals surface area contributed by atoms with Crippen molar-refractivity contribution in [2.45, 2.75) is 38.4 Å². The van der Waals surface area contributed by atoms with Crippen molar-refractivity contribution < 1.29 is 45.4 Å². The molecule has 1 heterocycles. The Morgan fingerprint density at radius 2 is 1.55 bits per heavy atom. The topological polar surface area (TPSA) is 80.8 Å². The lowest BCUT2D eigenvalue weighted by Crippen LogP contribution is -2.38. The Kier molecular flexibility index (Phi) is 8.38. The average molecular weight is 431 g/mol. The second-order valence-electron chi connectivity index (χ2n) is 5.93. The molecule has 1 aromatic rings. The molecule has 2 amide bonds. The number of likely N-dealkylation sites (N-methyl/N-ethyl adjacent to an activating group) is 1. The first-order chi connectivity index (χ1) is 13.2. The highest BCUT2D eigenvalue weighted by Crippen LogP contribution is 2.19. The number of nitrogens with one attached hydrogen (secondary N) is 1. The highest BCUT2D eigenvalue weighted by atomic mass is 19.4. The summed E-state index contributed by atoms with van der Waals surface area (Å²) in [7, 11) is 1.27. The minimum atomic E-state index is -4.58. The van der Waals surface area contributed by atoms with E-state index in [-0.39, 0.29) is 11.5 Å². The minimum Gasteiger partial charge on any atom is -0.359 e. The van der Waals surface area contributed by atoms with E-state index >= 15 is 0 Å². The predicted octanol–water partition coefficient (Wildman–Crippen LogP) is 2.92. The zero-order valence-corrected chi connectivity index (χ0v) is 15.6. The van der Waals surface area contributed by atoms with Gasteiger partial charge in [-0.1, -0.05) is 0 Å². The number of halogens is 6. The molecular weight excluding hydrogens is 412 g/mol. The van der Waals surface area contributed by atoms with Gasteiger partial charge in [0.05, 0.1) is 11.9 Å². The molecule has 2 atom stereocenters. The molecule has 0 aliphatic rings. The molecule has 164 valence electrons. The zero-order valence-electron chi connectivity index (χ0n) is 15.6. The average Bonchev–Trinajstić information content (AvgIpc) is 2.62. The molecule has 0 aliphatic carbocycles. The van der Waals surface area contributed by atoms with Crippen LogP contribution in [0.3, 0.4) is 0 Å². The van der Waals surface area contributed by atoms with E-state index in [2.05, 4.69) is 19.8 Å². The van der Waals surface area contributed by atoms with E-state index in [4.69, 9.17) is 0 Å². The van der Waals surface area contributed by atoms with Crippen molar-refractivity contribution >= 4 is 23.3 Å². The maximum Gasteiger partial charge on any atom is 0.411 e. The summed E-state index contributed by atoms with van der Waals surface area (Å²) in [5.41, 5.74) is 0.114. The molecule has 13 heteroatoms. The van der Waals surface area contributed by atoms with Gasteiger partial charge in [0.15, 0.2) is 0 Å². The fraction of sp³-hybridized carbons (Fsp3) is 0.562. The second-order valence-corrected chi connectivity index (χ2v) is 5.93. The molecule has 0 fully saturated rings. The molecule has 0 bridgehead atoms. The van der Waals surface area contributed by atoms with Gasteiger partial charge in [0.2, 0.25) is 0 Å². The maximum atomic E-state index is 12.2. The lowest BCUT2D eigenvalue weighted by atomic mass is 10.3. The second kappa shape index (κ2) is 9.87. The van der Waals surface area contributed by atoms with Crippen LogP contribution >= 0.6 is 0 Å². The third-order valence-electron chi connectivity index (χ3n) is 3.40. The number of pyridine rings is 1. The number of carbonyl (C=O) groups is 2. The number of rotatable bonds is 8. The monoisotopic (exact) mass is 431 g/mol. The number of carbonyl (C=O) groups excluding carboxylic acids is 2. The Labute approximate surface area is 162 Å². The van der Waals surface area contributed by atoms with E-state index in [9.17, 15) is 35.9 Å². The van der Waals surface area contributed by atoms with Crippen LogP contribution in [0.2, 0.25) is 0 Å². The van der Waals surface area contributed by atoms with E-state index in [1.807, 2.05) is 0 Å². The van der Waals surface area contributed by atoms with Crippen molar-refractivity contribution in [1.82, 2.24) is 4.98 Å². The summed E-state index contributed by atoms with van der Waals surface area (Å²) in [6.07, 6.45) is -10.8. The number of aromatic nitrogens is 1. The van der Waals surface area contributed by atoms with E-state index in [0.717, 1.165) is 24.9 Å². The van der Waals surface area contributed by atoms with E-state index in [1.165, 1.54) is 19.2 Å². The van der Waals surface area contributed by atoms with E-state index in [0.29, 0.717) is 0 Å². The highest BCUT2D eigenvalue weighted by Gasteiger charge is 2.31. The summed E-state index contributed by atoms with van der Waals surface area (Å²) >= 11 is 0. The van der Waals surface area contributed by atoms with Crippen LogP contribution in [0.5, 0.6) is 0 Å². The van der Waals surface area contributed by atoms with Crippen LogP contribution < -0.4 is 10.2 Å². The number of hydrogen-bond donors (Lipinski definition) is 1. The van der Waals surface area contributed by atoms with Crippen molar-refractivity contribution in [2.24, 2.45) is 0 Å². The van der Waals surface area contributed by atoms with Crippen molar-refractivity contribution in [3.8, 4) is 0 Å². The SMILES string of the molecule is C[C@@H](OCC(F)(F)F)C(=O)Nc1ccc(N(C)C(=O)[C@@H](C)OCC(F)(F)F)nc1. The molecular formula is C16H19F6N3O4. The van der Waals surface area contributed by atoms with Crippen LogP contribution in [0.1, 0.15) is 13.8 Å². The van der Waals surface area contributed by atoms with Crippen molar-refractivity contribution in [2.75, 3.05) is 30.5 Å². The van der Waals surface area contributed by atoms with Crippen LogP contribution in [-0.4, -0.2) is 61.6 Å². The first-order valence-corrected chi connectivity index (χ1v) is 8.11. The normalized spacial score (nSPS) is 14.2. The molecule has 0 unspecified atom stereocenters. The van der Waals surface area contributed by atoms with Crippen molar-refractivity contribution in [3.05, 3.63) is 18.3 Å². The Bertz CT molecular complexity index is 693. The Hall–Kier alpha value is -2.41. The van der Waals surface area contributed by atoms with E-state index < -0.39 is 49.6 Å². The van der Waals surface area contributed by atoms with Gasteiger partial charge in [-0.25, -0.2) is 4.98 Å². The third-order valence-corrected chi connectivity index (χ3v) is 3.40. The van der Waals surface area contributed by atoms with Gasteiger partial charge in [0, 0.05) is 7.05 Å². The molecule has 0 spiro atoms. The van der Waals surface area contributed by atoms with Gasteiger partial charge in [-0.05, 0) is 26.0 Å². The van der Waals surface area contributed by atoms with Gasteiger partial charge in [0.25, 0.3) is 11.8 Å².